The number of aromatic nitrogens is 3. The maximum atomic E-state index is 5.63. The molecule has 0 aromatic carbocycles. The summed E-state index contributed by atoms with van der Waals surface area (Å²) in [6.45, 7) is 8.92. The minimum absolute atomic E-state index is 0.228. The fourth-order valence-electron chi connectivity index (χ4n) is 2.43. The molecule has 0 saturated heterocycles. The van der Waals surface area contributed by atoms with Crippen LogP contribution in [0.4, 0.5) is 5.95 Å². The molecule has 1 aromatic rings. The molecule has 15 heavy (non-hydrogen) atoms. The molecule has 4 nitrogen and oxygen atoms in total. The maximum absolute atomic E-state index is 5.63. The van der Waals surface area contributed by atoms with E-state index in [-0.39, 0.29) is 10.8 Å². The van der Waals surface area contributed by atoms with E-state index >= 15 is 0 Å². The van der Waals surface area contributed by atoms with E-state index in [2.05, 4.69) is 42.6 Å². The number of nitrogen functional groups attached to an aromatic ring is 1. The molecule has 0 spiro atoms. The quantitative estimate of drug-likeness (QED) is 0.718. The Bertz CT molecular complexity index is 447. The van der Waals surface area contributed by atoms with Crippen LogP contribution in [0.25, 0.3) is 0 Å². The second-order valence-corrected chi connectivity index (χ2v) is 5.64. The van der Waals surface area contributed by atoms with Gasteiger partial charge in [-0.1, -0.05) is 27.7 Å². The fraction of sp³-hybridized carbons (Fsp3) is 0.700. The van der Waals surface area contributed by atoms with E-state index in [0.29, 0.717) is 16.6 Å². The Hall–Kier alpha value is -0.970. The lowest BCUT2D eigenvalue weighted by molar-refractivity contribution is 0.457. The third-order valence-electron chi connectivity index (χ3n) is 3.98. The number of nitrogens with zero attached hydrogens (tertiary/aromatic N) is 2. The second-order valence-electron chi connectivity index (χ2n) is 5.28. The lowest BCUT2D eigenvalue weighted by atomic mass is 10.0. The Morgan fingerprint density at radius 3 is 2.13 bits per heavy atom. The van der Waals surface area contributed by atoms with Gasteiger partial charge in [0.05, 0.1) is 0 Å². The van der Waals surface area contributed by atoms with Gasteiger partial charge in [0.15, 0.2) is 0 Å². The monoisotopic (exact) mass is 224 g/mol. The van der Waals surface area contributed by atoms with E-state index in [4.69, 9.17) is 18.0 Å². The topological polar surface area (TPSA) is 67.6 Å². The summed E-state index contributed by atoms with van der Waals surface area (Å²) < 4.78 is 0.319. The van der Waals surface area contributed by atoms with Crippen LogP contribution in [0, 0.1) is 15.6 Å². The maximum Gasteiger partial charge on any atom is 0.224 e. The highest BCUT2D eigenvalue weighted by Crippen LogP contribution is 2.72. The van der Waals surface area contributed by atoms with E-state index in [1.54, 1.807) is 0 Å². The summed E-state index contributed by atoms with van der Waals surface area (Å²) in [4.78, 5) is 11.1. The number of hydrogen-bond acceptors (Lipinski definition) is 4. The van der Waals surface area contributed by atoms with Crippen LogP contribution in [0.3, 0.4) is 0 Å². The molecule has 0 bridgehead atoms. The zero-order valence-corrected chi connectivity index (χ0v) is 10.3. The van der Waals surface area contributed by atoms with Gasteiger partial charge in [-0.05, 0) is 23.0 Å². The van der Waals surface area contributed by atoms with Crippen LogP contribution >= 0.6 is 12.2 Å². The predicted molar refractivity (Wildman–Crippen MR) is 61.9 cm³/mol. The van der Waals surface area contributed by atoms with E-state index in [1.807, 2.05) is 0 Å². The third kappa shape index (κ3) is 1.37. The Labute approximate surface area is 94.3 Å². The molecule has 1 saturated carbocycles. The summed E-state index contributed by atoms with van der Waals surface area (Å²) in [6.07, 6.45) is 0. The number of hydrogen-bond donors (Lipinski definition) is 2. The van der Waals surface area contributed by atoms with Gasteiger partial charge in [0.2, 0.25) is 10.7 Å². The van der Waals surface area contributed by atoms with Crippen LogP contribution in [-0.2, 0) is 0 Å². The number of aromatic amines is 1. The van der Waals surface area contributed by atoms with E-state index < -0.39 is 0 Å². The first-order chi connectivity index (χ1) is 6.76. The van der Waals surface area contributed by atoms with Crippen LogP contribution in [0.2, 0.25) is 0 Å². The number of H-pyrrole nitrogens is 1. The van der Waals surface area contributed by atoms with Crippen molar-refractivity contribution in [2.75, 3.05) is 5.73 Å². The van der Waals surface area contributed by atoms with Crippen LogP contribution in [0.1, 0.15) is 39.4 Å². The smallest absolute Gasteiger partial charge is 0.224 e. The molecule has 1 aromatic heterocycles. The van der Waals surface area contributed by atoms with E-state index in [0.717, 1.165) is 5.82 Å². The van der Waals surface area contributed by atoms with Gasteiger partial charge < -0.3 is 10.7 Å². The minimum atomic E-state index is 0.228. The molecule has 0 aliphatic heterocycles. The summed E-state index contributed by atoms with van der Waals surface area (Å²) in [5.74, 6) is 1.59. The molecule has 0 atom stereocenters. The van der Waals surface area contributed by atoms with Gasteiger partial charge in [0, 0.05) is 5.92 Å². The number of nitrogens with two attached hydrogens (primary N) is 1. The first-order valence-corrected chi connectivity index (χ1v) is 5.41. The first kappa shape index (κ1) is 10.5. The van der Waals surface area contributed by atoms with Crippen molar-refractivity contribution >= 4 is 18.2 Å². The molecule has 1 aliphatic carbocycles. The number of anilines is 1. The summed E-state index contributed by atoms with van der Waals surface area (Å²) >= 11 is 4.96. The third-order valence-corrected chi connectivity index (χ3v) is 4.17. The van der Waals surface area contributed by atoms with Gasteiger partial charge in [-0.2, -0.15) is 4.98 Å². The van der Waals surface area contributed by atoms with Gasteiger partial charge in [-0.25, -0.2) is 4.98 Å². The van der Waals surface area contributed by atoms with Gasteiger partial charge >= 0.3 is 0 Å². The molecule has 1 heterocycles. The van der Waals surface area contributed by atoms with E-state index in [1.165, 1.54) is 0 Å². The van der Waals surface area contributed by atoms with Crippen LogP contribution in [0.15, 0.2) is 0 Å². The molecule has 3 N–H and O–H groups in total. The zero-order chi connectivity index (χ0) is 11.4. The van der Waals surface area contributed by atoms with Gasteiger partial charge in [-0.15, -0.1) is 0 Å². The van der Waals surface area contributed by atoms with Crippen molar-refractivity contribution in [2.45, 2.75) is 33.6 Å². The summed E-state index contributed by atoms with van der Waals surface area (Å²) in [6, 6.07) is 0. The van der Waals surface area contributed by atoms with Crippen molar-refractivity contribution in [3.63, 3.8) is 0 Å². The van der Waals surface area contributed by atoms with Crippen molar-refractivity contribution in [1.82, 2.24) is 15.0 Å². The Balaban J connectivity index is 2.46. The molecular formula is C10H16N4S. The Morgan fingerprint density at radius 1 is 1.20 bits per heavy atom. The summed E-state index contributed by atoms with van der Waals surface area (Å²) in [7, 11) is 0. The van der Waals surface area contributed by atoms with E-state index in [9.17, 15) is 0 Å². The molecule has 2 rings (SSSR count). The average molecular weight is 224 g/mol. The first-order valence-electron chi connectivity index (χ1n) is 5.00. The van der Waals surface area contributed by atoms with Gasteiger partial charge in [0.25, 0.3) is 0 Å². The van der Waals surface area contributed by atoms with Gasteiger partial charge in [-0.3, -0.25) is 0 Å². The molecule has 0 amide bonds. The standard InChI is InChI=1S/C10H16N4S/c1-9(2)5(10(9,3)4)6-12-7(11)14-8(15)13-6/h5H,1-4H3,(H3,11,12,13,14,15). The lowest BCUT2D eigenvalue weighted by Gasteiger charge is -2.03. The molecule has 0 unspecified atom stereocenters. The second kappa shape index (κ2) is 2.78. The minimum Gasteiger partial charge on any atom is -0.369 e. The van der Waals surface area contributed by atoms with Crippen LogP contribution < -0.4 is 5.73 Å². The largest absolute Gasteiger partial charge is 0.369 e. The lowest BCUT2D eigenvalue weighted by Crippen LogP contribution is -2.04. The highest BCUT2D eigenvalue weighted by Gasteiger charge is 2.66. The SMILES string of the molecule is CC1(C)C(c2nc(=S)nc(N)[nH]2)C1(C)C. The molecular weight excluding hydrogens is 208 g/mol. The molecule has 1 aliphatic rings. The number of nitrogens with one attached hydrogen (secondary N) is 1. The zero-order valence-electron chi connectivity index (χ0n) is 9.46. The van der Waals surface area contributed by atoms with Crippen LogP contribution in [-0.4, -0.2) is 15.0 Å². The highest BCUT2D eigenvalue weighted by molar-refractivity contribution is 7.71. The predicted octanol–water partition coefficient (Wildman–Crippen LogP) is 2.27. The van der Waals surface area contributed by atoms with Gasteiger partial charge in [0.1, 0.15) is 5.82 Å². The fourth-order valence-corrected chi connectivity index (χ4v) is 2.63. The average Bonchev–Trinajstić information content (AvgIpc) is 2.39. The van der Waals surface area contributed by atoms with Crippen molar-refractivity contribution in [2.24, 2.45) is 10.8 Å². The molecule has 82 valence electrons. The molecule has 1 fully saturated rings. The number of rotatable bonds is 1. The Morgan fingerprint density at radius 2 is 1.73 bits per heavy atom. The highest BCUT2D eigenvalue weighted by atomic mass is 32.1. The van der Waals surface area contributed by atoms with Crippen molar-refractivity contribution in [1.29, 1.82) is 0 Å². The normalized spacial score (nSPS) is 22.7. The van der Waals surface area contributed by atoms with Crippen molar-refractivity contribution in [3.8, 4) is 0 Å². The Kier molecular flexibility index (Phi) is 1.96. The van der Waals surface area contributed by atoms with Crippen LogP contribution in [0.5, 0.6) is 0 Å². The molecule has 5 heteroatoms. The summed E-state index contributed by atoms with van der Waals surface area (Å²) in [5.41, 5.74) is 6.09. The molecule has 0 radical (unpaired) electrons. The van der Waals surface area contributed by atoms with Crippen molar-refractivity contribution < 1.29 is 0 Å². The summed E-state index contributed by atoms with van der Waals surface area (Å²) in [5, 5.41) is 0. The van der Waals surface area contributed by atoms with Crippen molar-refractivity contribution in [3.05, 3.63) is 10.6 Å².